The van der Waals surface area contributed by atoms with Gasteiger partial charge in [-0.15, -0.1) is 0 Å². The standard InChI is InChI=1S/C16H27NO3/c1-12-9-14(16(19)20)11-17(10-12)15(18)8-4-7-13-5-2-3-6-13/h12-14H,2-11H2,1H3,(H,19,20). The molecule has 2 aliphatic rings. The lowest BCUT2D eigenvalue weighted by Crippen LogP contribution is -2.45. The van der Waals surface area contributed by atoms with Gasteiger partial charge >= 0.3 is 5.97 Å². The molecule has 4 nitrogen and oxygen atoms in total. The van der Waals surface area contributed by atoms with Crippen LogP contribution in [0.2, 0.25) is 0 Å². The van der Waals surface area contributed by atoms with E-state index in [1.54, 1.807) is 4.90 Å². The first-order chi connectivity index (χ1) is 9.56. The number of piperidine rings is 1. The Morgan fingerprint density at radius 1 is 1.20 bits per heavy atom. The third-order valence-electron chi connectivity index (χ3n) is 4.84. The maximum atomic E-state index is 12.2. The van der Waals surface area contributed by atoms with Crippen LogP contribution in [0.4, 0.5) is 0 Å². The Morgan fingerprint density at radius 2 is 1.90 bits per heavy atom. The third-order valence-corrected chi connectivity index (χ3v) is 4.84. The highest BCUT2D eigenvalue weighted by Crippen LogP contribution is 2.29. The van der Waals surface area contributed by atoms with Gasteiger partial charge in [0, 0.05) is 19.5 Å². The molecule has 20 heavy (non-hydrogen) atoms. The Morgan fingerprint density at radius 3 is 2.55 bits per heavy atom. The summed E-state index contributed by atoms with van der Waals surface area (Å²) in [4.78, 5) is 25.1. The fraction of sp³-hybridized carbons (Fsp3) is 0.875. The highest BCUT2D eigenvalue weighted by Gasteiger charge is 2.31. The summed E-state index contributed by atoms with van der Waals surface area (Å²) in [5, 5.41) is 9.14. The van der Waals surface area contributed by atoms with Crippen molar-refractivity contribution in [3.05, 3.63) is 0 Å². The first kappa shape index (κ1) is 15.3. The molecule has 2 rings (SSSR count). The molecule has 0 radical (unpaired) electrons. The Bertz CT molecular complexity index is 350. The van der Waals surface area contributed by atoms with E-state index in [1.165, 1.54) is 25.7 Å². The van der Waals surface area contributed by atoms with Crippen molar-refractivity contribution in [2.45, 2.75) is 58.3 Å². The SMILES string of the molecule is CC1CC(C(=O)O)CN(C(=O)CCCC2CCCC2)C1. The van der Waals surface area contributed by atoms with Crippen LogP contribution in [0, 0.1) is 17.8 Å². The first-order valence-electron chi connectivity index (χ1n) is 8.07. The monoisotopic (exact) mass is 281 g/mol. The normalized spacial score (nSPS) is 27.8. The minimum Gasteiger partial charge on any atom is -0.481 e. The molecule has 1 saturated heterocycles. The van der Waals surface area contributed by atoms with Gasteiger partial charge < -0.3 is 10.0 Å². The van der Waals surface area contributed by atoms with E-state index < -0.39 is 5.97 Å². The number of carbonyl (C=O) groups is 2. The van der Waals surface area contributed by atoms with Gasteiger partial charge in [-0.3, -0.25) is 9.59 Å². The number of hydrogen-bond donors (Lipinski definition) is 1. The lowest BCUT2D eigenvalue weighted by Gasteiger charge is -2.34. The van der Waals surface area contributed by atoms with E-state index in [1.807, 2.05) is 6.92 Å². The number of carbonyl (C=O) groups excluding carboxylic acids is 1. The Balaban J connectivity index is 1.74. The number of carboxylic acids is 1. The summed E-state index contributed by atoms with van der Waals surface area (Å²) in [6.45, 7) is 3.17. The maximum absolute atomic E-state index is 12.2. The zero-order valence-corrected chi connectivity index (χ0v) is 12.5. The van der Waals surface area contributed by atoms with E-state index in [-0.39, 0.29) is 11.8 Å². The molecule has 114 valence electrons. The zero-order chi connectivity index (χ0) is 14.5. The lowest BCUT2D eigenvalue weighted by atomic mass is 9.90. The van der Waals surface area contributed by atoms with Crippen molar-refractivity contribution in [2.75, 3.05) is 13.1 Å². The fourth-order valence-electron chi connectivity index (χ4n) is 3.73. The molecule has 1 saturated carbocycles. The quantitative estimate of drug-likeness (QED) is 0.843. The molecule has 1 aliphatic carbocycles. The Hall–Kier alpha value is -1.06. The predicted molar refractivity (Wildman–Crippen MR) is 77.3 cm³/mol. The van der Waals surface area contributed by atoms with E-state index in [0.717, 1.165) is 25.3 Å². The van der Waals surface area contributed by atoms with Crippen LogP contribution in [0.15, 0.2) is 0 Å². The molecule has 1 heterocycles. The summed E-state index contributed by atoms with van der Waals surface area (Å²) < 4.78 is 0. The van der Waals surface area contributed by atoms with Gasteiger partial charge in [0.15, 0.2) is 0 Å². The van der Waals surface area contributed by atoms with E-state index in [4.69, 9.17) is 5.11 Å². The van der Waals surface area contributed by atoms with Crippen LogP contribution in [0.1, 0.15) is 58.3 Å². The topological polar surface area (TPSA) is 57.6 Å². The van der Waals surface area contributed by atoms with Gasteiger partial charge in [0.05, 0.1) is 5.92 Å². The summed E-state index contributed by atoms with van der Waals surface area (Å²) in [6, 6.07) is 0. The minimum atomic E-state index is -0.764. The molecule has 0 spiro atoms. The second-order valence-electron chi connectivity index (χ2n) is 6.72. The highest BCUT2D eigenvalue weighted by molar-refractivity contribution is 5.78. The lowest BCUT2D eigenvalue weighted by molar-refractivity contribution is -0.146. The van der Waals surface area contributed by atoms with Crippen molar-refractivity contribution in [1.82, 2.24) is 4.90 Å². The average Bonchev–Trinajstić information content (AvgIpc) is 2.91. The molecule has 1 amide bonds. The van der Waals surface area contributed by atoms with E-state index in [2.05, 4.69) is 0 Å². The van der Waals surface area contributed by atoms with Crippen LogP contribution in [0.3, 0.4) is 0 Å². The van der Waals surface area contributed by atoms with E-state index in [9.17, 15) is 9.59 Å². The van der Waals surface area contributed by atoms with Crippen LogP contribution in [-0.2, 0) is 9.59 Å². The van der Waals surface area contributed by atoms with Crippen molar-refractivity contribution in [1.29, 1.82) is 0 Å². The molecule has 0 bridgehead atoms. The van der Waals surface area contributed by atoms with Gasteiger partial charge in [0.25, 0.3) is 0 Å². The molecule has 4 heteroatoms. The summed E-state index contributed by atoms with van der Waals surface area (Å²) in [6.07, 6.45) is 8.78. The van der Waals surface area contributed by atoms with Gasteiger partial charge in [-0.25, -0.2) is 0 Å². The van der Waals surface area contributed by atoms with Crippen LogP contribution < -0.4 is 0 Å². The Kier molecular flexibility index (Phi) is 5.44. The molecule has 2 fully saturated rings. The number of aliphatic carboxylic acids is 1. The first-order valence-corrected chi connectivity index (χ1v) is 8.07. The van der Waals surface area contributed by atoms with Crippen molar-refractivity contribution in [3.63, 3.8) is 0 Å². The average molecular weight is 281 g/mol. The maximum Gasteiger partial charge on any atom is 0.308 e. The van der Waals surface area contributed by atoms with Crippen molar-refractivity contribution < 1.29 is 14.7 Å². The molecule has 2 unspecified atom stereocenters. The van der Waals surface area contributed by atoms with E-state index >= 15 is 0 Å². The van der Waals surface area contributed by atoms with Gasteiger partial charge in [0.1, 0.15) is 0 Å². The molecule has 1 N–H and O–H groups in total. The largest absolute Gasteiger partial charge is 0.481 e. The second kappa shape index (κ2) is 7.09. The number of carboxylic acid groups (broad SMARTS) is 1. The molecule has 2 atom stereocenters. The number of likely N-dealkylation sites (tertiary alicyclic amines) is 1. The number of rotatable bonds is 5. The minimum absolute atomic E-state index is 0.154. The molecular formula is C16H27NO3. The smallest absolute Gasteiger partial charge is 0.308 e. The number of amides is 1. The van der Waals surface area contributed by atoms with E-state index in [0.29, 0.717) is 25.3 Å². The second-order valence-corrected chi connectivity index (χ2v) is 6.72. The summed E-state index contributed by atoms with van der Waals surface area (Å²) in [5.41, 5.74) is 0. The molecule has 0 aromatic rings. The van der Waals surface area contributed by atoms with Crippen molar-refractivity contribution in [2.24, 2.45) is 17.8 Å². The van der Waals surface area contributed by atoms with Crippen LogP contribution >= 0.6 is 0 Å². The zero-order valence-electron chi connectivity index (χ0n) is 12.5. The van der Waals surface area contributed by atoms with Crippen molar-refractivity contribution >= 4 is 11.9 Å². The molecule has 1 aliphatic heterocycles. The predicted octanol–water partition coefficient (Wildman–Crippen LogP) is 2.92. The molecule has 0 aromatic carbocycles. The van der Waals surface area contributed by atoms with Gasteiger partial charge in [-0.05, 0) is 31.1 Å². The highest BCUT2D eigenvalue weighted by atomic mass is 16.4. The molecular weight excluding hydrogens is 254 g/mol. The van der Waals surface area contributed by atoms with Gasteiger partial charge in [-0.1, -0.05) is 32.6 Å². The number of hydrogen-bond acceptors (Lipinski definition) is 2. The van der Waals surface area contributed by atoms with Gasteiger partial charge in [0.2, 0.25) is 5.91 Å². The van der Waals surface area contributed by atoms with Crippen LogP contribution in [-0.4, -0.2) is 35.0 Å². The van der Waals surface area contributed by atoms with Gasteiger partial charge in [-0.2, -0.15) is 0 Å². The fourth-order valence-corrected chi connectivity index (χ4v) is 3.73. The number of nitrogens with zero attached hydrogens (tertiary/aromatic N) is 1. The summed E-state index contributed by atoms with van der Waals surface area (Å²) >= 11 is 0. The Labute approximate surface area is 121 Å². The van der Waals surface area contributed by atoms with Crippen molar-refractivity contribution in [3.8, 4) is 0 Å². The molecule has 0 aromatic heterocycles. The van der Waals surface area contributed by atoms with Crippen LogP contribution in [0.5, 0.6) is 0 Å². The summed E-state index contributed by atoms with van der Waals surface area (Å²) in [5.74, 6) is 0.136. The van der Waals surface area contributed by atoms with Crippen LogP contribution in [0.25, 0.3) is 0 Å². The third kappa shape index (κ3) is 4.22. The summed E-state index contributed by atoms with van der Waals surface area (Å²) in [7, 11) is 0.